The molecule has 0 aliphatic carbocycles. The van der Waals surface area contributed by atoms with Crippen LogP contribution in [-0.2, 0) is 35.3 Å². The standard InChI is InChI=1S/C31H39BrF2O7P2S/c1-6-39-43(38,40-7-2)31(33,34)27-14-10-24(17-28(27)32)20-44-19-23-8-11-25(12-9-23)26-13-15-29(30(18-26)42(35,36)37)41-22(5)16-21(3)4/h8-15,17-18,21-22H,6-7,16,19-20H2,1-5H3,(H2,35,36,37). The Morgan fingerprint density at radius 2 is 1.43 bits per heavy atom. The van der Waals surface area contributed by atoms with Gasteiger partial charge in [-0.25, -0.2) is 0 Å². The molecule has 0 spiro atoms. The molecule has 3 aromatic rings. The molecule has 0 heterocycles. The van der Waals surface area contributed by atoms with Gasteiger partial charge in [0, 0.05) is 21.5 Å². The van der Waals surface area contributed by atoms with Gasteiger partial charge >= 0.3 is 20.9 Å². The minimum absolute atomic E-state index is 0.116. The van der Waals surface area contributed by atoms with Crippen LogP contribution in [0, 0.1) is 5.92 Å². The first-order valence-corrected chi connectivity index (χ1v) is 19.3. The first-order valence-electron chi connectivity index (χ1n) is 14.2. The van der Waals surface area contributed by atoms with Gasteiger partial charge < -0.3 is 23.6 Å². The van der Waals surface area contributed by atoms with E-state index in [-0.39, 0.29) is 34.8 Å². The van der Waals surface area contributed by atoms with Gasteiger partial charge in [0.25, 0.3) is 0 Å². The van der Waals surface area contributed by atoms with Crippen LogP contribution in [0.1, 0.15) is 57.7 Å². The van der Waals surface area contributed by atoms with Crippen LogP contribution in [0.3, 0.4) is 0 Å². The molecule has 0 fully saturated rings. The zero-order valence-electron chi connectivity index (χ0n) is 25.3. The number of benzene rings is 3. The molecule has 7 nitrogen and oxygen atoms in total. The SMILES string of the molecule is CCOP(=O)(OCC)C(F)(F)c1ccc(CSCc2ccc(-c3ccc(OC(C)CC(C)C)c(P(=O)(O)O)c3)cc2)cc1Br. The third-order valence-corrected chi connectivity index (χ3v) is 11.4. The molecule has 0 amide bonds. The Balaban J connectivity index is 1.68. The Morgan fingerprint density at radius 1 is 0.864 bits per heavy atom. The fourth-order valence-corrected chi connectivity index (χ4v) is 8.68. The molecule has 3 aromatic carbocycles. The predicted molar refractivity (Wildman–Crippen MR) is 177 cm³/mol. The summed E-state index contributed by atoms with van der Waals surface area (Å²) < 4.78 is 71.2. The molecular weight excluding hydrogens is 696 g/mol. The normalized spacial score (nSPS) is 13.3. The fraction of sp³-hybridized carbons (Fsp3) is 0.419. The second-order valence-corrected chi connectivity index (χ2v) is 16.1. The highest BCUT2D eigenvalue weighted by atomic mass is 79.9. The minimum atomic E-state index is -4.71. The van der Waals surface area contributed by atoms with E-state index >= 15 is 8.78 Å². The van der Waals surface area contributed by atoms with Gasteiger partial charge in [0.15, 0.2) is 0 Å². The zero-order chi connectivity index (χ0) is 32.7. The summed E-state index contributed by atoms with van der Waals surface area (Å²) in [6.45, 7) is 8.62. The molecule has 0 aromatic heterocycles. The molecule has 13 heteroatoms. The third kappa shape index (κ3) is 9.49. The number of hydrogen-bond donors (Lipinski definition) is 2. The Hall–Kier alpha value is -1.55. The van der Waals surface area contributed by atoms with Crippen LogP contribution in [0.15, 0.2) is 65.1 Å². The largest absolute Gasteiger partial charge is 0.490 e. The van der Waals surface area contributed by atoms with Crippen molar-refractivity contribution < 1.29 is 41.5 Å². The van der Waals surface area contributed by atoms with Crippen molar-refractivity contribution in [3.8, 4) is 16.9 Å². The summed E-state index contributed by atoms with van der Waals surface area (Å²) in [5.74, 6) is 1.76. The van der Waals surface area contributed by atoms with Gasteiger partial charge in [-0.1, -0.05) is 72.2 Å². The number of ether oxygens (including phenoxy) is 1. The Kier molecular flexibility index (Phi) is 13.3. The van der Waals surface area contributed by atoms with Gasteiger partial charge in [0.1, 0.15) is 11.1 Å². The lowest BCUT2D eigenvalue weighted by Gasteiger charge is -2.26. The van der Waals surface area contributed by atoms with Crippen LogP contribution in [-0.4, -0.2) is 29.1 Å². The Bertz CT molecular complexity index is 1490. The summed E-state index contributed by atoms with van der Waals surface area (Å²) in [4.78, 5) is 20.0. The van der Waals surface area contributed by atoms with Crippen molar-refractivity contribution in [1.29, 1.82) is 0 Å². The van der Waals surface area contributed by atoms with Crippen molar-refractivity contribution in [2.24, 2.45) is 5.92 Å². The highest BCUT2D eigenvalue weighted by molar-refractivity contribution is 9.10. The summed E-state index contributed by atoms with van der Waals surface area (Å²) in [6, 6.07) is 16.9. The van der Waals surface area contributed by atoms with E-state index in [1.807, 2.05) is 31.2 Å². The summed E-state index contributed by atoms with van der Waals surface area (Å²) in [5, 5.41) is -0.140. The van der Waals surface area contributed by atoms with Gasteiger partial charge in [-0.15, -0.1) is 0 Å². The number of halogens is 3. The van der Waals surface area contributed by atoms with E-state index in [1.165, 1.54) is 26.0 Å². The zero-order valence-corrected chi connectivity index (χ0v) is 29.5. The van der Waals surface area contributed by atoms with Gasteiger partial charge in [-0.3, -0.25) is 9.13 Å². The van der Waals surface area contributed by atoms with Gasteiger partial charge in [0.2, 0.25) is 0 Å². The Labute approximate surface area is 270 Å². The van der Waals surface area contributed by atoms with Crippen molar-refractivity contribution in [2.45, 2.75) is 64.3 Å². The van der Waals surface area contributed by atoms with Crippen molar-refractivity contribution in [3.63, 3.8) is 0 Å². The average molecular weight is 736 g/mol. The second kappa shape index (κ2) is 15.8. The average Bonchev–Trinajstić information content (AvgIpc) is 2.93. The molecule has 0 saturated carbocycles. The quantitative estimate of drug-likeness (QED) is 0.140. The molecule has 1 unspecified atom stereocenters. The number of rotatable bonds is 16. The molecule has 0 bridgehead atoms. The van der Waals surface area contributed by atoms with Crippen molar-refractivity contribution in [2.75, 3.05) is 13.2 Å². The molecule has 0 aliphatic heterocycles. The molecule has 1 atom stereocenters. The molecule has 3 rings (SSSR count). The van der Waals surface area contributed by atoms with Gasteiger partial charge in [-0.2, -0.15) is 20.5 Å². The lowest BCUT2D eigenvalue weighted by atomic mass is 10.0. The van der Waals surface area contributed by atoms with Crippen molar-refractivity contribution in [1.82, 2.24) is 0 Å². The summed E-state index contributed by atoms with van der Waals surface area (Å²) in [7, 11) is -9.29. The molecule has 0 saturated heterocycles. The van der Waals surface area contributed by atoms with Crippen LogP contribution in [0.2, 0.25) is 0 Å². The van der Waals surface area contributed by atoms with E-state index in [4.69, 9.17) is 13.8 Å². The molecule has 44 heavy (non-hydrogen) atoms. The maximum atomic E-state index is 15.2. The van der Waals surface area contributed by atoms with Gasteiger partial charge in [-0.05, 0) is 73.6 Å². The van der Waals surface area contributed by atoms with Crippen LogP contribution >= 0.6 is 42.9 Å². The van der Waals surface area contributed by atoms with Crippen LogP contribution in [0.5, 0.6) is 5.75 Å². The fourth-order valence-electron chi connectivity index (χ4n) is 4.61. The summed E-state index contributed by atoms with van der Waals surface area (Å²) >= 11 is 4.80. The van der Waals surface area contributed by atoms with E-state index in [0.29, 0.717) is 23.0 Å². The van der Waals surface area contributed by atoms with E-state index in [1.54, 1.807) is 36.0 Å². The Morgan fingerprint density at radius 3 is 1.98 bits per heavy atom. The topological polar surface area (TPSA) is 102 Å². The third-order valence-electron chi connectivity index (χ3n) is 6.53. The molecule has 0 radical (unpaired) electrons. The molecule has 0 aliphatic rings. The first-order chi connectivity index (χ1) is 20.6. The number of alkyl halides is 2. The molecule has 2 N–H and O–H groups in total. The predicted octanol–water partition coefficient (Wildman–Crippen LogP) is 9.48. The maximum absolute atomic E-state index is 15.2. The lowest BCUT2D eigenvalue weighted by molar-refractivity contribution is 0.0354. The highest BCUT2D eigenvalue weighted by Crippen LogP contribution is 2.67. The van der Waals surface area contributed by atoms with E-state index in [2.05, 4.69) is 29.8 Å². The first kappa shape index (κ1) is 36.9. The van der Waals surface area contributed by atoms with Crippen LogP contribution in [0.25, 0.3) is 11.1 Å². The second-order valence-electron chi connectivity index (χ2n) is 10.7. The van der Waals surface area contributed by atoms with E-state index < -0.39 is 26.4 Å². The number of hydrogen-bond acceptors (Lipinski definition) is 6. The van der Waals surface area contributed by atoms with Crippen molar-refractivity contribution >= 4 is 48.2 Å². The van der Waals surface area contributed by atoms with Gasteiger partial charge in [0.05, 0.1) is 19.3 Å². The minimum Gasteiger partial charge on any atom is -0.490 e. The number of thioether (sulfide) groups is 1. The molecule has 242 valence electrons. The maximum Gasteiger partial charge on any atom is 0.404 e. The lowest BCUT2D eigenvalue weighted by Crippen LogP contribution is -2.19. The molecular formula is C31H39BrF2O7P2S. The van der Waals surface area contributed by atoms with E-state index in [0.717, 1.165) is 23.1 Å². The van der Waals surface area contributed by atoms with Crippen LogP contribution < -0.4 is 10.0 Å². The summed E-state index contributed by atoms with van der Waals surface area (Å²) in [5.41, 5.74) is -1.00. The van der Waals surface area contributed by atoms with Crippen molar-refractivity contribution in [3.05, 3.63) is 81.8 Å². The smallest absolute Gasteiger partial charge is 0.404 e. The van der Waals surface area contributed by atoms with Crippen LogP contribution in [0.4, 0.5) is 8.78 Å². The summed E-state index contributed by atoms with van der Waals surface area (Å²) in [6.07, 6.45) is 0.564. The monoisotopic (exact) mass is 734 g/mol. The van der Waals surface area contributed by atoms with E-state index in [9.17, 15) is 18.9 Å². The highest BCUT2D eigenvalue weighted by Gasteiger charge is 2.55.